The molecule has 0 saturated heterocycles. The topological polar surface area (TPSA) is 94.1 Å². The molecule has 0 aliphatic carbocycles. The van der Waals surface area contributed by atoms with Crippen molar-refractivity contribution < 1.29 is 9.34 Å². The normalized spacial score (nSPS) is 11.0. The predicted octanol–water partition coefficient (Wildman–Crippen LogP) is 2.80. The summed E-state index contributed by atoms with van der Waals surface area (Å²) in [5.74, 6) is 0.394. The van der Waals surface area contributed by atoms with Crippen molar-refractivity contribution in [1.82, 2.24) is 15.5 Å². The van der Waals surface area contributed by atoms with Gasteiger partial charge in [0.2, 0.25) is 5.89 Å². The fraction of sp³-hybridized carbons (Fsp3) is 0.333. The van der Waals surface area contributed by atoms with Crippen LogP contribution in [0.1, 0.15) is 19.7 Å². The summed E-state index contributed by atoms with van der Waals surface area (Å²) in [6.45, 7) is 4.36. The van der Waals surface area contributed by atoms with Gasteiger partial charge in [-0.2, -0.15) is 0 Å². The minimum absolute atomic E-state index is 0.0443. The van der Waals surface area contributed by atoms with Gasteiger partial charge in [-0.15, -0.1) is 10.2 Å². The molecule has 2 aromatic rings. The van der Waals surface area contributed by atoms with Crippen molar-refractivity contribution >= 4 is 17.3 Å². The fourth-order valence-corrected chi connectivity index (χ4v) is 1.84. The number of nitro benzene ring substituents is 1. The Morgan fingerprint density at radius 3 is 2.85 bits per heavy atom. The zero-order valence-corrected chi connectivity index (χ0v) is 11.7. The molecule has 0 atom stereocenters. The fourth-order valence-electron chi connectivity index (χ4n) is 1.59. The van der Waals surface area contributed by atoms with Gasteiger partial charge in [0.05, 0.1) is 16.5 Å². The maximum absolute atomic E-state index is 11.0. The van der Waals surface area contributed by atoms with Crippen LogP contribution in [0.4, 0.5) is 5.69 Å². The number of nitrogens with zero attached hydrogens (tertiary/aromatic N) is 3. The van der Waals surface area contributed by atoms with Crippen molar-refractivity contribution in [3.05, 3.63) is 39.2 Å². The lowest BCUT2D eigenvalue weighted by Crippen LogP contribution is -2.21. The summed E-state index contributed by atoms with van der Waals surface area (Å²) in [5.41, 5.74) is -0.0213. The first-order valence-corrected chi connectivity index (χ1v) is 6.36. The molecule has 0 spiro atoms. The summed E-state index contributed by atoms with van der Waals surface area (Å²) >= 11 is 6.00. The Kier molecular flexibility index (Phi) is 4.31. The van der Waals surface area contributed by atoms with Crippen LogP contribution in [-0.4, -0.2) is 21.2 Å². The summed E-state index contributed by atoms with van der Waals surface area (Å²) in [6.07, 6.45) is 0. The van der Waals surface area contributed by atoms with Crippen LogP contribution in [0.3, 0.4) is 0 Å². The molecule has 1 N–H and O–H groups in total. The molecule has 0 aliphatic rings. The smallest absolute Gasteiger partial charge is 0.283 e. The Morgan fingerprint density at radius 1 is 1.45 bits per heavy atom. The zero-order chi connectivity index (χ0) is 14.7. The Hall–Kier alpha value is -1.99. The van der Waals surface area contributed by atoms with Crippen LogP contribution in [0.2, 0.25) is 5.02 Å². The van der Waals surface area contributed by atoms with E-state index in [-0.39, 0.29) is 28.2 Å². The highest BCUT2D eigenvalue weighted by Crippen LogP contribution is 2.35. The molecule has 0 unspecified atom stereocenters. The second kappa shape index (κ2) is 5.98. The minimum atomic E-state index is -0.530. The van der Waals surface area contributed by atoms with E-state index >= 15 is 0 Å². The molecular weight excluding hydrogens is 284 g/mol. The largest absolute Gasteiger partial charge is 0.419 e. The lowest BCUT2D eigenvalue weighted by atomic mass is 10.2. The molecule has 0 fully saturated rings. The van der Waals surface area contributed by atoms with Gasteiger partial charge in [0, 0.05) is 12.1 Å². The van der Waals surface area contributed by atoms with Crippen LogP contribution < -0.4 is 5.32 Å². The lowest BCUT2D eigenvalue weighted by Gasteiger charge is -2.03. The van der Waals surface area contributed by atoms with Crippen molar-refractivity contribution in [3.8, 4) is 11.5 Å². The molecule has 1 heterocycles. The first-order valence-electron chi connectivity index (χ1n) is 5.98. The molecule has 20 heavy (non-hydrogen) atoms. The molecule has 0 amide bonds. The van der Waals surface area contributed by atoms with E-state index in [1.54, 1.807) is 6.07 Å². The van der Waals surface area contributed by atoms with Gasteiger partial charge in [0.15, 0.2) is 0 Å². The number of hydrogen-bond acceptors (Lipinski definition) is 6. The SMILES string of the molecule is CC(C)NCc1nnc(-c2c(Cl)cccc2[N+](=O)[O-])o1. The molecule has 1 aromatic heterocycles. The van der Waals surface area contributed by atoms with Crippen LogP contribution in [0, 0.1) is 10.1 Å². The average Bonchev–Trinajstić information content (AvgIpc) is 2.84. The van der Waals surface area contributed by atoms with Crippen LogP contribution in [0.5, 0.6) is 0 Å². The number of aromatic nitrogens is 2. The molecule has 0 radical (unpaired) electrons. The highest BCUT2D eigenvalue weighted by atomic mass is 35.5. The van der Waals surface area contributed by atoms with Crippen LogP contribution >= 0.6 is 11.6 Å². The van der Waals surface area contributed by atoms with Crippen molar-refractivity contribution in [3.63, 3.8) is 0 Å². The monoisotopic (exact) mass is 296 g/mol. The van der Waals surface area contributed by atoms with Crippen LogP contribution in [-0.2, 0) is 6.54 Å². The molecule has 0 aliphatic heterocycles. The van der Waals surface area contributed by atoms with Crippen LogP contribution in [0.25, 0.3) is 11.5 Å². The highest BCUT2D eigenvalue weighted by Gasteiger charge is 2.23. The van der Waals surface area contributed by atoms with E-state index in [0.29, 0.717) is 12.4 Å². The van der Waals surface area contributed by atoms with Gasteiger partial charge in [-0.1, -0.05) is 31.5 Å². The van der Waals surface area contributed by atoms with Crippen LogP contribution in [0.15, 0.2) is 22.6 Å². The summed E-state index contributed by atoms with van der Waals surface area (Å²) in [4.78, 5) is 10.5. The van der Waals surface area contributed by atoms with Gasteiger partial charge in [-0.25, -0.2) is 0 Å². The molecule has 2 rings (SSSR count). The van der Waals surface area contributed by atoms with Gasteiger partial charge >= 0.3 is 0 Å². The van der Waals surface area contributed by atoms with Gasteiger partial charge in [0.1, 0.15) is 5.56 Å². The maximum Gasteiger partial charge on any atom is 0.283 e. The second-order valence-corrected chi connectivity index (χ2v) is 4.83. The number of hydrogen-bond donors (Lipinski definition) is 1. The van der Waals surface area contributed by atoms with Crippen molar-refractivity contribution in [2.75, 3.05) is 0 Å². The number of nitro groups is 1. The van der Waals surface area contributed by atoms with Crippen molar-refractivity contribution in [2.45, 2.75) is 26.4 Å². The van der Waals surface area contributed by atoms with Gasteiger partial charge < -0.3 is 9.73 Å². The van der Waals surface area contributed by atoms with E-state index < -0.39 is 4.92 Å². The summed E-state index contributed by atoms with van der Waals surface area (Å²) in [5, 5.41) is 22.0. The van der Waals surface area contributed by atoms with Gasteiger partial charge in [-0.05, 0) is 6.07 Å². The van der Waals surface area contributed by atoms with E-state index in [4.69, 9.17) is 16.0 Å². The Morgan fingerprint density at radius 2 is 2.20 bits per heavy atom. The lowest BCUT2D eigenvalue weighted by molar-refractivity contribution is -0.384. The van der Waals surface area contributed by atoms with E-state index in [1.165, 1.54) is 12.1 Å². The van der Waals surface area contributed by atoms with E-state index in [2.05, 4.69) is 15.5 Å². The number of benzene rings is 1. The standard InChI is InChI=1S/C12H13ClN4O3/c1-7(2)14-6-10-15-16-12(20-10)11-8(13)4-3-5-9(11)17(18)19/h3-5,7,14H,6H2,1-2H3. The Bertz CT molecular complexity index is 627. The Balaban J connectivity index is 2.35. The first-order chi connectivity index (χ1) is 9.49. The number of halogens is 1. The van der Waals surface area contributed by atoms with Crippen molar-refractivity contribution in [2.24, 2.45) is 0 Å². The second-order valence-electron chi connectivity index (χ2n) is 4.43. The highest BCUT2D eigenvalue weighted by molar-refractivity contribution is 6.33. The summed E-state index contributed by atoms with van der Waals surface area (Å²) < 4.78 is 5.42. The molecule has 1 aromatic carbocycles. The number of nitrogens with one attached hydrogen (secondary N) is 1. The third-order valence-electron chi connectivity index (χ3n) is 2.53. The molecule has 8 heteroatoms. The first kappa shape index (κ1) is 14.4. The molecular formula is C12H13ClN4O3. The quantitative estimate of drug-likeness (QED) is 0.673. The third kappa shape index (κ3) is 3.12. The zero-order valence-electron chi connectivity index (χ0n) is 11.0. The Labute approximate surface area is 120 Å². The van der Waals surface area contributed by atoms with Gasteiger partial charge in [0.25, 0.3) is 11.6 Å². The third-order valence-corrected chi connectivity index (χ3v) is 2.85. The predicted molar refractivity (Wildman–Crippen MR) is 73.4 cm³/mol. The molecule has 0 saturated carbocycles. The number of rotatable bonds is 5. The van der Waals surface area contributed by atoms with Gasteiger partial charge in [-0.3, -0.25) is 10.1 Å². The van der Waals surface area contributed by atoms with E-state index in [0.717, 1.165) is 0 Å². The molecule has 7 nitrogen and oxygen atoms in total. The molecule has 106 valence electrons. The molecule has 0 bridgehead atoms. The summed E-state index contributed by atoms with van der Waals surface area (Å²) in [6, 6.07) is 4.65. The van der Waals surface area contributed by atoms with Crippen molar-refractivity contribution in [1.29, 1.82) is 0 Å². The van der Waals surface area contributed by atoms with E-state index in [9.17, 15) is 10.1 Å². The minimum Gasteiger partial charge on any atom is -0.419 e. The summed E-state index contributed by atoms with van der Waals surface area (Å²) in [7, 11) is 0. The average molecular weight is 297 g/mol. The van der Waals surface area contributed by atoms with E-state index in [1.807, 2.05) is 13.8 Å². The maximum atomic E-state index is 11.0.